The van der Waals surface area contributed by atoms with E-state index >= 15 is 0 Å². The van der Waals surface area contributed by atoms with Gasteiger partial charge in [-0.2, -0.15) is 5.10 Å². The van der Waals surface area contributed by atoms with Crippen LogP contribution in [0.3, 0.4) is 0 Å². The molecular formula is C12H19FN3O4P. The Morgan fingerprint density at radius 3 is 2.24 bits per heavy atom. The summed E-state index contributed by atoms with van der Waals surface area (Å²) in [6, 6.07) is 6.68. The van der Waals surface area contributed by atoms with Crippen LogP contribution < -0.4 is 0 Å². The van der Waals surface area contributed by atoms with Gasteiger partial charge in [-0.3, -0.25) is 5.01 Å². The number of hydrogen-bond donors (Lipinski definition) is 3. The van der Waals surface area contributed by atoms with Crippen LogP contribution in [-0.4, -0.2) is 64.0 Å². The molecule has 1 fully saturated rings. The molecule has 1 aromatic carbocycles. The molecule has 1 aromatic rings. The highest BCUT2D eigenvalue weighted by Crippen LogP contribution is 2.25. The van der Waals surface area contributed by atoms with Gasteiger partial charge in [-0.25, -0.2) is 8.96 Å². The molecule has 0 unspecified atom stereocenters. The van der Waals surface area contributed by atoms with Crippen molar-refractivity contribution in [3.63, 3.8) is 0 Å². The van der Waals surface area contributed by atoms with Crippen LogP contribution in [0.2, 0.25) is 0 Å². The molecule has 0 spiro atoms. The summed E-state index contributed by atoms with van der Waals surface area (Å²) >= 11 is 0. The number of hydrazone groups is 1. The zero-order valence-electron chi connectivity index (χ0n) is 11.6. The third-order valence-electron chi connectivity index (χ3n) is 2.75. The standard InChI is InChI=1S/C12H16FN3.H3O4P/c1-15-6-8-16(9-7-15)14-10-11-4-2-3-5-12(11)13;1-5(2,3)4/h2-5,10H,6-9H2,1H3;(H3,1,2,3,4). The molecule has 1 aliphatic heterocycles. The van der Waals surface area contributed by atoms with Gasteiger partial charge in [0.1, 0.15) is 5.82 Å². The summed E-state index contributed by atoms with van der Waals surface area (Å²) in [5, 5.41) is 6.27. The highest BCUT2D eigenvalue weighted by molar-refractivity contribution is 7.45. The van der Waals surface area contributed by atoms with Crippen LogP contribution >= 0.6 is 7.82 Å². The quantitative estimate of drug-likeness (QED) is 0.542. The lowest BCUT2D eigenvalue weighted by Crippen LogP contribution is -2.41. The Bertz CT molecular complexity index is 507. The van der Waals surface area contributed by atoms with Crippen molar-refractivity contribution in [2.24, 2.45) is 5.10 Å². The molecule has 0 saturated carbocycles. The van der Waals surface area contributed by atoms with Crippen molar-refractivity contribution in [3.8, 4) is 0 Å². The molecule has 118 valence electrons. The molecule has 7 nitrogen and oxygen atoms in total. The van der Waals surface area contributed by atoms with Gasteiger partial charge in [0.05, 0.1) is 6.21 Å². The molecule has 0 atom stereocenters. The number of hydrogen-bond acceptors (Lipinski definition) is 4. The van der Waals surface area contributed by atoms with E-state index in [1.54, 1.807) is 18.3 Å². The molecule has 1 saturated heterocycles. The van der Waals surface area contributed by atoms with E-state index in [9.17, 15) is 4.39 Å². The molecule has 0 radical (unpaired) electrons. The summed E-state index contributed by atoms with van der Waals surface area (Å²) in [5.41, 5.74) is 0.543. The molecule has 9 heteroatoms. The normalized spacial score (nSPS) is 16.7. The third-order valence-corrected chi connectivity index (χ3v) is 2.75. The van der Waals surface area contributed by atoms with E-state index in [1.807, 2.05) is 11.1 Å². The second-order valence-corrected chi connectivity index (χ2v) is 5.56. The highest BCUT2D eigenvalue weighted by atomic mass is 31.2. The largest absolute Gasteiger partial charge is 0.466 e. The second-order valence-electron chi connectivity index (χ2n) is 4.54. The van der Waals surface area contributed by atoms with Crippen molar-refractivity contribution >= 4 is 14.0 Å². The molecule has 3 N–H and O–H groups in total. The first kappa shape index (κ1) is 17.7. The van der Waals surface area contributed by atoms with Crippen LogP contribution in [0.1, 0.15) is 5.56 Å². The van der Waals surface area contributed by atoms with Crippen molar-refractivity contribution in [1.29, 1.82) is 0 Å². The Labute approximate surface area is 122 Å². The van der Waals surface area contributed by atoms with Gasteiger partial charge >= 0.3 is 7.82 Å². The van der Waals surface area contributed by atoms with E-state index in [1.165, 1.54) is 6.07 Å². The molecule has 0 amide bonds. The average Bonchev–Trinajstić information content (AvgIpc) is 2.38. The Hall–Kier alpha value is -1.31. The minimum absolute atomic E-state index is 0.222. The number of nitrogens with zero attached hydrogens (tertiary/aromatic N) is 3. The van der Waals surface area contributed by atoms with Crippen LogP contribution in [0, 0.1) is 5.82 Å². The predicted molar refractivity (Wildman–Crippen MR) is 77.3 cm³/mol. The Balaban J connectivity index is 0.000000383. The fourth-order valence-electron chi connectivity index (χ4n) is 1.64. The van der Waals surface area contributed by atoms with Gasteiger partial charge in [0.2, 0.25) is 0 Å². The van der Waals surface area contributed by atoms with Crippen molar-refractivity contribution < 1.29 is 23.6 Å². The first-order valence-corrected chi connectivity index (χ1v) is 7.82. The molecule has 1 heterocycles. The van der Waals surface area contributed by atoms with Gasteiger partial charge in [-0.15, -0.1) is 0 Å². The molecule has 2 rings (SSSR count). The number of halogens is 1. The van der Waals surface area contributed by atoms with Crippen LogP contribution in [0.25, 0.3) is 0 Å². The van der Waals surface area contributed by atoms with Crippen LogP contribution in [0.5, 0.6) is 0 Å². The van der Waals surface area contributed by atoms with E-state index in [4.69, 9.17) is 19.2 Å². The smallest absolute Gasteiger partial charge is 0.303 e. The van der Waals surface area contributed by atoms with Crippen molar-refractivity contribution in [2.75, 3.05) is 33.2 Å². The summed E-state index contributed by atoms with van der Waals surface area (Å²) in [5.74, 6) is -0.222. The van der Waals surface area contributed by atoms with E-state index in [2.05, 4.69) is 17.0 Å². The molecule has 0 aromatic heterocycles. The second kappa shape index (κ2) is 8.21. The number of rotatable bonds is 2. The molecule has 0 bridgehead atoms. The van der Waals surface area contributed by atoms with E-state index in [-0.39, 0.29) is 5.82 Å². The minimum Gasteiger partial charge on any atom is -0.303 e. The van der Waals surface area contributed by atoms with Crippen molar-refractivity contribution in [1.82, 2.24) is 9.91 Å². The van der Waals surface area contributed by atoms with E-state index < -0.39 is 7.82 Å². The Morgan fingerprint density at radius 2 is 1.71 bits per heavy atom. The third kappa shape index (κ3) is 8.54. The monoisotopic (exact) mass is 319 g/mol. The number of benzene rings is 1. The summed E-state index contributed by atoms with van der Waals surface area (Å²) in [7, 11) is -2.54. The van der Waals surface area contributed by atoms with Gasteiger partial charge in [0.15, 0.2) is 0 Å². The molecule has 0 aliphatic carbocycles. The van der Waals surface area contributed by atoms with Gasteiger partial charge in [0.25, 0.3) is 0 Å². The maximum absolute atomic E-state index is 13.3. The first-order valence-electron chi connectivity index (χ1n) is 6.26. The zero-order valence-corrected chi connectivity index (χ0v) is 12.5. The summed E-state index contributed by atoms with van der Waals surface area (Å²) in [4.78, 5) is 23.8. The predicted octanol–water partition coefficient (Wildman–Crippen LogP) is 0.478. The summed E-state index contributed by atoms with van der Waals surface area (Å²) in [6.07, 6.45) is 1.60. The maximum atomic E-state index is 13.3. The molecular weight excluding hydrogens is 300 g/mol. The SMILES string of the molecule is CN1CCN(N=Cc2ccccc2F)CC1.O=P(O)(O)O. The van der Waals surface area contributed by atoms with Gasteiger partial charge in [0, 0.05) is 31.7 Å². The van der Waals surface area contributed by atoms with Crippen molar-refractivity contribution in [2.45, 2.75) is 0 Å². The lowest BCUT2D eigenvalue weighted by Gasteiger charge is -2.30. The molecule has 21 heavy (non-hydrogen) atoms. The lowest BCUT2D eigenvalue weighted by molar-refractivity contribution is 0.159. The highest BCUT2D eigenvalue weighted by Gasteiger charge is 2.10. The fourth-order valence-corrected chi connectivity index (χ4v) is 1.64. The lowest BCUT2D eigenvalue weighted by atomic mass is 10.2. The fraction of sp³-hybridized carbons (Fsp3) is 0.417. The summed E-state index contributed by atoms with van der Waals surface area (Å²) in [6.45, 7) is 3.83. The Morgan fingerprint density at radius 1 is 1.19 bits per heavy atom. The van der Waals surface area contributed by atoms with Crippen molar-refractivity contribution in [3.05, 3.63) is 35.6 Å². The zero-order chi connectivity index (χ0) is 15.9. The maximum Gasteiger partial charge on any atom is 0.466 e. The number of piperazine rings is 1. The number of likely N-dealkylation sites (N-methyl/N-ethyl adjacent to an activating group) is 1. The van der Waals surface area contributed by atoms with Crippen LogP contribution in [-0.2, 0) is 4.57 Å². The van der Waals surface area contributed by atoms with Gasteiger partial charge in [-0.05, 0) is 13.1 Å². The molecule has 1 aliphatic rings. The average molecular weight is 319 g/mol. The van der Waals surface area contributed by atoms with Crippen LogP contribution in [0.4, 0.5) is 4.39 Å². The minimum atomic E-state index is -4.64. The van der Waals surface area contributed by atoms with Gasteiger partial charge < -0.3 is 19.6 Å². The Kier molecular flexibility index (Phi) is 6.94. The first-order chi connectivity index (χ1) is 9.75. The number of phosphoric acid groups is 1. The van der Waals surface area contributed by atoms with E-state index in [0.29, 0.717) is 5.56 Å². The summed E-state index contributed by atoms with van der Waals surface area (Å²) < 4.78 is 22.2. The van der Waals surface area contributed by atoms with Crippen LogP contribution in [0.15, 0.2) is 29.4 Å². The van der Waals surface area contributed by atoms with Gasteiger partial charge in [-0.1, -0.05) is 18.2 Å². The van der Waals surface area contributed by atoms with E-state index in [0.717, 1.165) is 26.2 Å². The topological polar surface area (TPSA) is 96.6 Å².